The fraction of sp³-hybridized carbons (Fsp3) is 0.462. The first-order chi connectivity index (χ1) is 8.86. The fourth-order valence-electron chi connectivity index (χ4n) is 1.68. The van der Waals surface area contributed by atoms with Crippen LogP contribution in [-0.2, 0) is 6.18 Å². The highest BCUT2D eigenvalue weighted by Crippen LogP contribution is 2.32. The van der Waals surface area contributed by atoms with Crippen molar-refractivity contribution in [3.8, 4) is 0 Å². The molecule has 1 N–H and O–H groups in total. The minimum Gasteiger partial charge on any atom is -0.335 e. The molecule has 0 bridgehead atoms. The van der Waals surface area contributed by atoms with Crippen molar-refractivity contribution < 1.29 is 13.2 Å². The van der Waals surface area contributed by atoms with Gasteiger partial charge >= 0.3 is 6.18 Å². The second-order valence-corrected chi connectivity index (χ2v) is 5.72. The minimum absolute atomic E-state index is 0.468. The Morgan fingerprint density at radius 1 is 1.37 bits per heavy atom. The molecule has 1 aliphatic heterocycles. The third-order valence-corrected chi connectivity index (χ3v) is 4.10. The molecule has 0 spiro atoms. The van der Waals surface area contributed by atoms with E-state index in [0.29, 0.717) is 23.3 Å². The topological polar surface area (TPSA) is 24.4 Å². The van der Waals surface area contributed by atoms with Gasteiger partial charge in [0.2, 0.25) is 0 Å². The Morgan fingerprint density at radius 2 is 2.11 bits per heavy atom. The third-order valence-electron chi connectivity index (χ3n) is 2.86. The highest BCUT2D eigenvalue weighted by Gasteiger charge is 2.30. The van der Waals surface area contributed by atoms with Crippen LogP contribution in [0.15, 0.2) is 23.2 Å². The van der Waals surface area contributed by atoms with Crippen LogP contribution in [0.1, 0.15) is 18.1 Å². The zero-order valence-corrected chi connectivity index (χ0v) is 11.5. The van der Waals surface area contributed by atoms with Gasteiger partial charge in [-0.3, -0.25) is 4.99 Å². The standard InChI is InChI=1S/C13H15F3N2S/c1-8-6-17-12(19-7-8)18-11-5-10(13(14,15)16)4-3-9(11)2/h3-5,8H,6-7H2,1-2H3,(H,17,18). The van der Waals surface area contributed by atoms with Crippen molar-refractivity contribution in [3.05, 3.63) is 29.3 Å². The zero-order valence-electron chi connectivity index (χ0n) is 10.7. The first-order valence-electron chi connectivity index (χ1n) is 5.98. The Balaban J connectivity index is 2.20. The Labute approximate surface area is 114 Å². The van der Waals surface area contributed by atoms with Crippen LogP contribution in [0.2, 0.25) is 0 Å². The summed E-state index contributed by atoms with van der Waals surface area (Å²) in [6, 6.07) is 3.71. The fourth-order valence-corrected chi connectivity index (χ4v) is 2.58. The molecule has 0 saturated carbocycles. The average Bonchev–Trinajstić information content (AvgIpc) is 2.33. The highest BCUT2D eigenvalue weighted by atomic mass is 32.2. The van der Waals surface area contributed by atoms with E-state index in [9.17, 15) is 13.2 Å². The van der Waals surface area contributed by atoms with Gasteiger partial charge in [0, 0.05) is 18.0 Å². The summed E-state index contributed by atoms with van der Waals surface area (Å²) in [7, 11) is 0. The van der Waals surface area contributed by atoms with Crippen LogP contribution in [0.25, 0.3) is 0 Å². The quantitative estimate of drug-likeness (QED) is 0.839. The van der Waals surface area contributed by atoms with E-state index in [4.69, 9.17) is 0 Å². The van der Waals surface area contributed by atoms with Crippen molar-refractivity contribution in [2.75, 3.05) is 17.6 Å². The van der Waals surface area contributed by atoms with Gasteiger partial charge < -0.3 is 5.32 Å². The normalized spacial score (nSPS) is 20.1. The van der Waals surface area contributed by atoms with Gasteiger partial charge in [0.25, 0.3) is 0 Å². The van der Waals surface area contributed by atoms with E-state index < -0.39 is 11.7 Å². The number of nitrogens with zero attached hydrogens (tertiary/aromatic N) is 1. The van der Waals surface area contributed by atoms with Crippen LogP contribution < -0.4 is 5.32 Å². The minimum atomic E-state index is -4.32. The number of rotatable bonds is 1. The second-order valence-electron chi connectivity index (χ2n) is 4.71. The lowest BCUT2D eigenvalue weighted by molar-refractivity contribution is -0.137. The summed E-state index contributed by atoms with van der Waals surface area (Å²) >= 11 is 1.55. The molecule has 0 aliphatic carbocycles. The summed E-state index contributed by atoms with van der Waals surface area (Å²) in [5.41, 5.74) is 0.598. The molecule has 0 saturated heterocycles. The number of hydrogen-bond donors (Lipinski definition) is 1. The molecule has 1 unspecified atom stereocenters. The molecule has 1 aliphatic rings. The predicted molar refractivity (Wildman–Crippen MR) is 73.7 cm³/mol. The maximum atomic E-state index is 12.7. The first-order valence-corrected chi connectivity index (χ1v) is 6.97. The van der Waals surface area contributed by atoms with Gasteiger partial charge in [-0.05, 0) is 30.5 Å². The largest absolute Gasteiger partial charge is 0.416 e. The lowest BCUT2D eigenvalue weighted by Gasteiger charge is -2.19. The molecular formula is C13H15F3N2S. The summed E-state index contributed by atoms with van der Waals surface area (Å²) in [5, 5.41) is 3.69. The Kier molecular flexibility index (Phi) is 4.08. The second kappa shape index (κ2) is 5.45. The van der Waals surface area contributed by atoms with E-state index in [1.807, 2.05) is 0 Å². The molecule has 1 atom stereocenters. The van der Waals surface area contributed by atoms with Gasteiger partial charge in [-0.1, -0.05) is 24.8 Å². The van der Waals surface area contributed by atoms with Gasteiger partial charge in [-0.25, -0.2) is 0 Å². The molecule has 19 heavy (non-hydrogen) atoms. The Bertz CT molecular complexity index is 497. The van der Waals surface area contributed by atoms with E-state index >= 15 is 0 Å². The summed E-state index contributed by atoms with van der Waals surface area (Å²) in [5.74, 6) is 1.45. The van der Waals surface area contributed by atoms with Gasteiger partial charge in [0.15, 0.2) is 5.17 Å². The zero-order chi connectivity index (χ0) is 14.0. The molecule has 1 aromatic carbocycles. The average molecular weight is 288 g/mol. The molecule has 2 rings (SSSR count). The Hall–Kier alpha value is -1.17. The molecule has 6 heteroatoms. The predicted octanol–water partition coefficient (Wildman–Crippen LogP) is 4.16. The van der Waals surface area contributed by atoms with E-state index in [1.165, 1.54) is 6.07 Å². The summed E-state index contributed by atoms with van der Waals surface area (Å²) in [6.07, 6.45) is -4.32. The van der Waals surface area contributed by atoms with Gasteiger partial charge in [-0.15, -0.1) is 0 Å². The number of aryl methyl sites for hydroxylation is 1. The van der Waals surface area contributed by atoms with Crippen LogP contribution in [0.3, 0.4) is 0 Å². The number of benzene rings is 1. The lowest BCUT2D eigenvalue weighted by atomic mass is 10.1. The summed E-state index contributed by atoms with van der Waals surface area (Å²) in [4.78, 5) is 4.33. The smallest absolute Gasteiger partial charge is 0.335 e. The highest BCUT2D eigenvalue weighted by molar-refractivity contribution is 8.14. The van der Waals surface area contributed by atoms with Crippen molar-refractivity contribution in [2.24, 2.45) is 10.9 Å². The number of thioether (sulfide) groups is 1. The SMILES string of the molecule is Cc1ccc(C(F)(F)F)cc1NC1=NCC(C)CS1. The van der Waals surface area contributed by atoms with E-state index in [2.05, 4.69) is 17.2 Å². The lowest BCUT2D eigenvalue weighted by Crippen LogP contribution is -2.19. The maximum Gasteiger partial charge on any atom is 0.416 e. The molecule has 0 fully saturated rings. The monoisotopic (exact) mass is 288 g/mol. The molecule has 104 valence electrons. The van der Waals surface area contributed by atoms with Crippen LogP contribution >= 0.6 is 11.8 Å². The van der Waals surface area contributed by atoms with Crippen LogP contribution in [0.4, 0.5) is 18.9 Å². The van der Waals surface area contributed by atoms with Crippen molar-refractivity contribution in [2.45, 2.75) is 20.0 Å². The number of alkyl halides is 3. The van der Waals surface area contributed by atoms with Gasteiger partial charge in [0.05, 0.1) is 5.56 Å². The maximum absolute atomic E-state index is 12.7. The summed E-state index contributed by atoms with van der Waals surface area (Å²) < 4.78 is 38.0. The molecule has 0 amide bonds. The van der Waals surface area contributed by atoms with E-state index in [1.54, 1.807) is 18.7 Å². The number of aliphatic imine (C=N–C) groups is 1. The van der Waals surface area contributed by atoms with Crippen molar-refractivity contribution >= 4 is 22.6 Å². The number of nitrogens with one attached hydrogen (secondary N) is 1. The number of hydrogen-bond acceptors (Lipinski definition) is 3. The molecule has 0 aromatic heterocycles. The molecule has 2 nitrogen and oxygen atoms in total. The molecule has 1 aromatic rings. The molecular weight excluding hydrogens is 273 g/mol. The van der Waals surface area contributed by atoms with Gasteiger partial charge in [0.1, 0.15) is 0 Å². The molecule has 0 radical (unpaired) electrons. The molecule has 1 heterocycles. The van der Waals surface area contributed by atoms with E-state index in [-0.39, 0.29) is 0 Å². The van der Waals surface area contributed by atoms with Crippen LogP contribution in [0, 0.1) is 12.8 Å². The van der Waals surface area contributed by atoms with Crippen molar-refractivity contribution in [1.82, 2.24) is 0 Å². The summed E-state index contributed by atoms with van der Waals surface area (Å²) in [6.45, 7) is 4.59. The van der Waals surface area contributed by atoms with Crippen molar-refractivity contribution in [1.29, 1.82) is 0 Å². The first kappa shape index (κ1) is 14.2. The van der Waals surface area contributed by atoms with Gasteiger partial charge in [-0.2, -0.15) is 13.2 Å². The number of halogens is 3. The van der Waals surface area contributed by atoms with Crippen molar-refractivity contribution in [3.63, 3.8) is 0 Å². The van der Waals surface area contributed by atoms with E-state index in [0.717, 1.165) is 23.4 Å². The number of anilines is 1. The third kappa shape index (κ3) is 3.65. The van der Waals surface area contributed by atoms with Crippen LogP contribution in [-0.4, -0.2) is 17.5 Å². The Morgan fingerprint density at radius 3 is 2.68 bits per heavy atom. The van der Waals surface area contributed by atoms with Crippen LogP contribution in [0.5, 0.6) is 0 Å². The number of amidine groups is 1.